The lowest BCUT2D eigenvalue weighted by molar-refractivity contribution is -0.0678. The minimum Gasteiger partial charge on any atom is -0.389 e. The summed E-state index contributed by atoms with van der Waals surface area (Å²) >= 11 is 0. The second-order valence-corrected chi connectivity index (χ2v) is 6.10. The van der Waals surface area contributed by atoms with Gasteiger partial charge in [-0.25, -0.2) is 0 Å². The summed E-state index contributed by atoms with van der Waals surface area (Å²) in [6.07, 6.45) is 8.96. The molecule has 2 aliphatic carbocycles. The SMILES string of the molecule is CC1(C)CCC[C@@]2(C)CC=C[C@H](O)[C@H]12. The molecular formula is C13H22O. The number of aliphatic hydroxyl groups excluding tert-OH is 1. The van der Waals surface area contributed by atoms with Crippen molar-refractivity contribution in [1.29, 1.82) is 0 Å². The lowest BCUT2D eigenvalue weighted by Crippen LogP contribution is -2.49. The van der Waals surface area contributed by atoms with E-state index in [-0.39, 0.29) is 6.10 Å². The molecule has 0 aliphatic heterocycles. The van der Waals surface area contributed by atoms with Gasteiger partial charge in [0, 0.05) is 0 Å². The third-order valence-electron chi connectivity index (χ3n) is 4.42. The highest BCUT2D eigenvalue weighted by Crippen LogP contribution is 2.55. The molecule has 0 unspecified atom stereocenters. The summed E-state index contributed by atoms with van der Waals surface area (Å²) in [5.41, 5.74) is 0.646. The normalized spacial score (nSPS) is 46.0. The smallest absolute Gasteiger partial charge is 0.0759 e. The van der Waals surface area contributed by atoms with Gasteiger partial charge in [-0.1, -0.05) is 39.3 Å². The topological polar surface area (TPSA) is 20.2 Å². The number of fused-ring (bicyclic) bond motifs is 1. The monoisotopic (exact) mass is 194 g/mol. The highest BCUT2D eigenvalue weighted by Gasteiger charge is 2.49. The van der Waals surface area contributed by atoms with Crippen LogP contribution in [0.1, 0.15) is 46.5 Å². The van der Waals surface area contributed by atoms with E-state index in [1.165, 1.54) is 19.3 Å². The molecule has 1 saturated carbocycles. The molecule has 3 atom stereocenters. The Morgan fingerprint density at radius 1 is 1.21 bits per heavy atom. The zero-order chi connectivity index (χ0) is 10.4. The molecule has 0 heterocycles. The maximum atomic E-state index is 10.1. The fourth-order valence-corrected chi connectivity index (χ4v) is 3.89. The van der Waals surface area contributed by atoms with E-state index in [9.17, 15) is 5.11 Å². The zero-order valence-corrected chi connectivity index (χ0v) is 9.59. The molecule has 2 rings (SSSR count). The van der Waals surface area contributed by atoms with Crippen LogP contribution in [0.25, 0.3) is 0 Å². The summed E-state index contributed by atoms with van der Waals surface area (Å²) in [7, 11) is 0. The summed E-state index contributed by atoms with van der Waals surface area (Å²) in [5, 5.41) is 10.1. The minimum absolute atomic E-state index is 0.218. The van der Waals surface area contributed by atoms with Gasteiger partial charge in [-0.15, -0.1) is 0 Å². The molecule has 14 heavy (non-hydrogen) atoms. The molecule has 0 aromatic rings. The molecule has 0 bridgehead atoms. The van der Waals surface area contributed by atoms with Crippen LogP contribution < -0.4 is 0 Å². The van der Waals surface area contributed by atoms with Gasteiger partial charge in [0.2, 0.25) is 0 Å². The molecular weight excluding hydrogens is 172 g/mol. The van der Waals surface area contributed by atoms with Crippen LogP contribution in [0.15, 0.2) is 12.2 Å². The van der Waals surface area contributed by atoms with E-state index in [4.69, 9.17) is 0 Å². The molecule has 0 saturated heterocycles. The van der Waals surface area contributed by atoms with Gasteiger partial charge in [-0.2, -0.15) is 0 Å². The van der Waals surface area contributed by atoms with Gasteiger partial charge < -0.3 is 5.11 Å². The second kappa shape index (κ2) is 3.10. The van der Waals surface area contributed by atoms with Gasteiger partial charge in [0.15, 0.2) is 0 Å². The van der Waals surface area contributed by atoms with Gasteiger partial charge in [0.25, 0.3) is 0 Å². The molecule has 1 heteroatoms. The molecule has 80 valence electrons. The average molecular weight is 194 g/mol. The first-order valence-electron chi connectivity index (χ1n) is 5.80. The van der Waals surface area contributed by atoms with Crippen LogP contribution in [-0.2, 0) is 0 Å². The van der Waals surface area contributed by atoms with Gasteiger partial charge in [0.05, 0.1) is 6.10 Å². The molecule has 0 aromatic heterocycles. The standard InChI is InChI=1S/C13H22O/c1-12(2)7-5-9-13(3)8-4-6-10(14)11(12)13/h4,6,10-11,14H,5,7-9H2,1-3H3/t10-,11+,13+/m0/s1. The summed E-state index contributed by atoms with van der Waals surface area (Å²) in [4.78, 5) is 0. The van der Waals surface area contributed by atoms with Crippen LogP contribution in [0.4, 0.5) is 0 Å². The Morgan fingerprint density at radius 3 is 2.57 bits per heavy atom. The van der Waals surface area contributed by atoms with E-state index in [1.807, 2.05) is 6.08 Å². The van der Waals surface area contributed by atoms with Crippen LogP contribution in [-0.4, -0.2) is 11.2 Å². The van der Waals surface area contributed by atoms with E-state index in [2.05, 4.69) is 26.8 Å². The summed E-state index contributed by atoms with van der Waals surface area (Å²) in [6, 6.07) is 0. The Morgan fingerprint density at radius 2 is 1.93 bits per heavy atom. The van der Waals surface area contributed by atoms with Crippen LogP contribution >= 0.6 is 0 Å². The Bertz CT molecular complexity index is 254. The average Bonchev–Trinajstić information content (AvgIpc) is 2.00. The summed E-state index contributed by atoms with van der Waals surface area (Å²) in [5.74, 6) is 0.453. The molecule has 0 radical (unpaired) electrons. The third kappa shape index (κ3) is 1.42. The van der Waals surface area contributed by atoms with Crippen molar-refractivity contribution in [3.05, 3.63) is 12.2 Å². The van der Waals surface area contributed by atoms with E-state index in [1.54, 1.807) is 0 Å². The number of aliphatic hydroxyl groups is 1. The van der Waals surface area contributed by atoms with Crippen molar-refractivity contribution >= 4 is 0 Å². The van der Waals surface area contributed by atoms with Crippen molar-refractivity contribution in [2.45, 2.75) is 52.6 Å². The first kappa shape index (κ1) is 10.2. The Hall–Kier alpha value is -0.300. The third-order valence-corrected chi connectivity index (χ3v) is 4.42. The molecule has 0 aromatic carbocycles. The van der Waals surface area contributed by atoms with Crippen molar-refractivity contribution < 1.29 is 5.11 Å². The Kier molecular flexibility index (Phi) is 2.26. The lowest BCUT2D eigenvalue weighted by Gasteiger charge is -2.53. The van der Waals surface area contributed by atoms with E-state index >= 15 is 0 Å². The lowest BCUT2D eigenvalue weighted by atomic mass is 9.52. The van der Waals surface area contributed by atoms with Crippen LogP contribution in [0.5, 0.6) is 0 Å². The highest BCUT2D eigenvalue weighted by molar-refractivity contribution is 5.11. The van der Waals surface area contributed by atoms with E-state index in [0.29, 0.717) is 16.7 Å². The number of hydrogen-bond donors (Lipinski definition) is 1. The van der Waals surface area contributed by atoms with E-state index in [0.717, 1.165) is 6.42 Å². The minimum atomic E-state index is -0.218. The number of allylic oxidation sites excluding steroid dienone is 1. The van der Waals surface area contributed by atoms with Crippen molar-refractivity contribution in [3.8, 4) is 0 Å². The molecule has 1 fully saturated rings. The van der Waals surface area contributed by atoms with Crippen molar-refractivity contribution in [1.82, 2.24) is 0 Å². The van der Waals surface area contributed by atoms with Gasteiger partial charge in [-0.05, 0) is 36.0 Å². The fraction of sp³-hybridized carbons (Fsp3) is 0.846. The van der Waals surface area contributed by atoms with Crippen LogP contribution in [0, 0.1) is 16.7 Å². The molecule has 2 aliphatic rings. The van der Waals surface area contributed by atoms with Crippen molar-refractivity contribution in [2.24, 2.45) is 16.7 Å². The maximum absolute atomic E-state index is 10.1. The molecule has 0 amide bonds. The first-order valence-corrected chi connectivity index (χ1v) is 5.80. The number of hydrogen-bond acceptors (Lipinski definition) is 1. The largest absolute Gasteiger partial charge is 0.389 e. The van der Waals surface area contributed by atoms with Gasteiger partial charge in [0.1, 0.15) is 0 Å². The van der Waals surface area contributed by atoms with Crippen LogP contribution in [0.2, 0.25) is 0 Å². The second-order valence-electron chi connectivity index (χ2n) is 6.10. The van der Waals surface area contributed by atoms with Gasteiger partial charge in [-0.3, -0.25) is 0 Å². The van der Waals surface area contributed by atoms with Crippen molar-refractivity contribution in [2.75, 3.05) is 0 Å². The fourth-order valence-electron chi connectivity index (χ4n) is 3.89. The predicted molar refractivity (Wildman–Crippen MR) is 59.0 cm³/mol. The quantitative estimate of drug-likeness (QED) is 0.587. The Balaban J connectivity index is 2.35. The highest BCUT2D eigenvalue weighted by atomic mass is 16.3. The zero-order valence-electron chi connectivity index (χ0n) is 9.59. The maximum Gasteiger partial charge on any atom is 0.0759 e. The van der Waals surface area contributed by atoms with Gasteiger partial charge >= 0.3 is 0 Å². The Labute approximate surface area is 87.2 Å². The predicted octanol–water partition coefficient (Wildman–Crippen LogP) is 3.14. The number of rotatable bonds is 0. The molecule has 1 N–H and O–H groups in total. The molecule has 0 spiro atoms. The first-order chi connectivity index (χ1) is 6.46. The summed E-state index contributed by atoms with van der Waals surface area (Å²) in [6.45, 7) is 6.99. The van der Waals surface area contributed by atoms with E-state index < -0.39 is 0 Å². The van der Waals surface area contributed by atoms with Crippen LogP contribution in [0.3, 0.4) is 0 Å². The summed E-state index contributed by atoms with van der Waals surface area (Å²) < 4.78 is 0. The van der Waals surface area contributed by atoms with Crippen molar-refractivity contribution in [3.63, 3.8) is 0 Å². The molecule has 1 nitrogen and oxygen atoms in total.